The lowest BCUT2D eigenvalue weighted by Gasteiger charge is -2.41. The molecule has 0 aliphatic carbocycles. The molecule has 0 atom stereocenters. The zero-order valence-electron chi connectivity index (χ0n) is 23.5. The average Bonchev–Trinajstić information content (AvgIpc) is 3.31. The van der Waals surface area contributed by atoms with Crippen molar-refractivity contribution < 1.29 is 21.9 Å². The van der Waals surface area contributed by atoms with Crippen LogP contribution in [0, 0.1) is 18.6 Å². The van der Waals surface area contributed by atoms with E-state index in [2.05, 4.69) is 9.88 Å². The molecule has 0 spiro atoms. The molecule has 0 bridgehead atoms. The normalized spacial score (nSPS) is 17.4. The van der Waals surface area contributed by atoms with Gasteiger partial charge in [0.15, 0.2) is 9.84 Å². The van der Waals surface area contributed by atoms with E-state index >= 15 is 8.78 Å². The fourth-order valence-corrected chi connectivity index (χ4v) is 6.76. The number of hydrogen-bond acceptors (Lipinski definition) is 6. The number of halogens is 2. The number of aromatic nitrogens is 2. The van der Waals surface area contributed by atoms with Gasteiger partial charge in [0.1, 0.15) is 11.6 Å². The Hall–Kier alpha value is -3.34. The van der Waals surface area contributed by atoms with Gasteiger partial charge in [-0.2, -0.15) is 0 Å². The van der Waals surface area contributed by atoms with Crippen LogP contribution in [0.4, 0.5) is 14.5 Å². The molecule has 41 heavy (non-hydrogen) atoms. The summed E-state index contributed by atoms with van der Waals surface area (Å²) in [6.45, 7) is 6.35. The largest absolute Gasteiger partial charge is 0.381 e. The van der Waals surface area contributed by atoms with Gasteiger partial charge in [0.2, 0.25) is 0 Å². The molecule has 4 heterocycles. The third-order valence-corrected chi connectivity index (χ3v) is 9.61. The van der Waals surface area contributed by atoms with Crippen LogP contribution in [0.25, 0.3) is 33.4 Å². The highest BCUT2D eigenvalue weighted by Crippen LogP contribution is 2.35. The molecule has 2 aliphatic rings. The van der Waals surface area contributed by atoms with Crippen LogP contribution < -0.4 is 4.90 Å². The van der Waals surface area contributed by atoms with Crippen LogP contribution in [0.5, 0.6) is 0 Å². The molecule has 10 heteroatoms. The Bertz CT molecular complexity index is 1710. The van der Waals surface area contributed by atoms with Crippen LogP contribution in [-0.4, -0.2) is 74.6 Å². The van der Waals surface area contributed by atoms with Gasteiger partial charge >= 0.3 is 0 Å². The van der Waals surface area contributed by atoms with Crippen molar-refractivity contribution in [3.63, 3.8) is 0 Å². The molecule has 0 N–H and O–H groups in total. The van der Waals surface area contributed by atoms with Gasteiger partial charge in [-0.05, 0) is 55.7 Å². The van der Waals surface area contributed by atoms with Gasteiger partial charge in [0.25, 0.3) is 0 Å². The Labute approximate surface area is 239 Å². The van der Waals surface area contributed by atoms with E-state index in [1.54, 1.807) is 30.3 Å². The van der Waals surface area contributed by atoms with Crippen LogP contribution in [-0.2, 0) is 21.6 Å². The molecule has 2 aliphatic heterocycles. The minimum absolute atomic E-state index is 0.123. The van der Waals surface area contributed by atoms with E-state index in [4.69, 9.17) is 4.74 Å². The fourth-order valence-electron chi connectivity index (χ4n) is 6.13. The zero-order valence-corrected chi connectivity index (χ0v) is 24.3. The number of benzene rings is 2. The van der Waals surface area contributed by atoms with Gasteiger partial charge in [-0.1, -0.05) is 12.1 Å². The minimum Gasteiger partial charge on any atom is -0.381 e. The summed E-state index contributed by atoms with van der Waals surface area (Å²) in [5, 5.41) is 0.887. The molecule has 216 valence electrons. The second-order valence-electron chi connectivity index (χ2n) is 11.1. The SMILES string of the molecule is Cc1nc(-c2cc(F)c(N3CCN(C4CCOCC4)CC3)cc2F)cc2c1cc(-c1ccc(S(C)(=O)=O)cc1)n2C. The fraction of sp³-hybridized carbons (Fsp3) is 0.387. The molecule has 0 saturated carbocycles. The number of hydrogen-bond donors (Lipinski definition) is 0. The summed E-state index contributed by atoms with van der Waals surface area (Å²) >= 11 is 0. The first-order valence-electron chi connectivity index (χ1n) is 13.9. The van der Waals surface area contributed by atoms with E-state index in [0.29, 0.717) is 30.5 Å². The monoisotopic (exact) mass is 580 g/mol. The van der Waals surface area contributed by atoms with Crippen LogP contribution in [0.1, 0.15) is 18.5 Å². The first-order valence-corrected chi connectivity index (χ1v) is 15.8. The summed E-state index contributed by atoms with van der Waals surface area (Å²) in [5.74, 6) is -0.968. The van der Waals surface area contributed by atoms with E-state index in [0.717, 1.165) is 61.3 Å². The highest BCUT2D eigenvalue weighted by atomic mass is 32.2. The van der Waals surface area contributed by atoms with E-state index in [9.17, 15) is 8.42 Å². The Morgan fingerprint density at radius 2 is 1.61 bits per heavy atom. The van der Waals surface area contributed by atoms with E-state index < -0.39 is 21.5 Å². The second kappa shape index (κ2) is 10.8. The summed E-state index contributed by atoms with van der Waals surface area (Å²) in [5.41, 5.74) is 4.00. The molecule has 2 aromatic heterocycles. The Balaban J connectivity index is 1.28. The number of piperazine rings is 1. The van der Waals surface area contributed by atoms with Crippen LogP contribution in [0.15, 0.2) is 53.4 Å². The van der Waals surface area contributed by atoms with Gasteiger partial charge in [-0.3, -0.25) is 9.88 Å². The molecule has 0 unspecified atom stereocenters. The number of pyridine rings is 1. The lowest BCUT2D eigenvalue weighted by atomic mass is 10.0. The van der Waals surface area contributed by atoms with Gasteiger partial charge in [-0.25, -0.2) is 17.2 Å². The van der Waals surface area contributed by atoms with Gasteiger partial charge in [0.05, 0.1) is 21.8 Å². The molecule has 0 radical (unpaired) electrons. The molecule has 2 fully saturated rings. The summed E-state index contributed by atoms with van der Waals surface area (Å²) in [6, 6.07) is 13.5. The van der Waals surface area contributed by atoms with Crippen molar-refractivity contribution >= 4 is 26.4 Å². The lowest BCUT2D eigenvalue weighted by Crippen LogP contribution is -2.51. The molecular formula is C31H34F2N4O3S. The van der Waals surface area contributed by atoms with Gasteiger partial charge < -0.3 is 14.2 Å². The first-order chi connectivity index (χ1) is 19.6. The number of nitrogens with zero attached hydrogens (tertiary/aromatic N) is 4. The minimum atomic E-state index is -3.30. The molecule has 6 rings (SSSR count). The van der Waals surface area contributed by atoms with Crippen LogP contribution in [0.3, 0.4) is 0 Å². The maximum atomic E-state index is 15.6. The highest BCUT2D eigenvalue weighted by molar-refractivity contribution is 7.90. The standard InChI is InChI=1S/C31H34F2N4O3S/c1-20-24-17-29(21-4-6-23(7-5-21)41(3,38)39)35(2)30(24)19-28(34-20)25-16-27(33)31(18-26(25)32)37-12-10-36(11-13-37)22-8-14-40-15-9-22/h4-7,16-19,22H,8-15H2,1-3H3. The molecule has 4 aromatic rings. The maximum Gasteiger partial charge on any atom is 0.175 e. The molecule has 2 aromatic carbocycles. The number of fused-ring (bicyclic) bond motifs is 1. The lowest BCUT2D eigenvalue weighted by molar-refractivity contribution is 0.0321. The van der Waals surface area contributed by atoms with Crippen molar-refractivity contribution in [2.24, 2.45) is 7.05 Å². The number of aryl methyl sites for hydroxylation is 2. The number of sulfone groups is 1. The van der Waals surface area contributed by atoms with Gasteiger partial charge in [-0.15, -0.1) is 0 Å². The molecule has 7 nitrogen and oxygen atoms in total. The summed E-state index contributed by atoms with van der Waals surface area (Å²) in [4.78, 5) is 9.27. The second-order valence-corrected chi connectivity index (χ2v) is 13.1. The van der Waals surface area contributed by atoms with Crippen molar-refractivity contribution in [3.8, 4) is 22.5 Å². The topological polar surface area (TPSA) is 67.7 Å². The van der Waals surface area contributed by atoms with Crippen molar-refractivity contribution in [2.75, 3.05) is 50.5 Å². The molecule has 2 saturated heterocycles. The van der Waals surface area contributed by atoms with Crippen molar-refractivity contribution in [1.29, 1.82) is 0 Å². The predicted molar refractivity (Wildman–Crippen MR) is 157 cm³/mol. The average molecular weight is 581 g/mol. The third-order valence-electron chi connectivity index (χ3n) is 8.48. The van der Waals surface area contributed by atoms with Crippen LogP contribution >= 0.6 is 0 Å². The van der Waals surface area contributed by atoms with Gasteiger partial charge in [0, 0.05) is 87.1 Å². The number of rotatable bonds is 5. The number of ether oxygens (including phenoxy) is 1. The quantitative estimate of drug-likeness (QED) is 0.324. The van der Waals surface area contributed by atoms with Crippen molar-refractivity contribution in [2.45, 2.75) is 30.7 Å². The van der Waals surface area contributed by atoms with E-state index in [1.807, 2.05) is 29.5 Å². The molecule has 0 amide bonds. The highest BCUT2D eigenvalue weighted by Gasteiger charge is 2.27. The summed E-state index contributed by atoms with van der Waals surface area (Å²) in [6.07, 6.45) is 3.22. The first kappa shape index (κ1) is 27.8. The van der Waals surface area contributed by atoms with E-state index in [1.165, 1.54) is 18.4 Å². The third kappa shape index (κ3) is 5.36. The predicted octanol–water partition coefficient (Wildman–Crippen LogP) is 5.20. The van der Waals surface area contributed by atoms with Crippen LogP contribution in [0.2, 0.25) is 0 Å². The van der Waals surface area contributed by atoms with Crippen molar-refractivity contribution in [3.05, 3.63) is 65.9 Å². The number of anilines is 1. The maximum absolute atomic E-state index is 15.6. The Morgan fingerprint density at radius 1 is 0.927 bits per heavy atom. The summed E-state index contributed by atoms with van der Waals surface area (Å²) in [7, 11) is -1.40. The van der Waals surface area contributed by atoms with Crippen molar-refractivity contribution in [1.82, 2.24) is 14.5 Å². The van der Waals surface area contributed by atoms with E-state index in [-0.39, 0.29) is 16.1 Å². The smallest absolute Gasteiger partial charge is 0.175 e. The Morgan fingerprint density at radius 3 is 2.27 bits per heavy atom. The summed E-state index contributed by atoms with van der Waals surface area (Å²) < 4.78 is 62.2. The molecular weight excluding hydrogens is 546 g/mol. The Kier molecular flexibility index (Phi) is 7.33. The zero-order chi connectivity index (χ0) is 28.9.